The molecule has 0 fully saturated rings. The van der Waals surface area contributed by atoms with Crippen LogP contribution in [0.1, 0.15) is 47.8 Å². The molecule has 1 aliphatic rings. The fourth-order valence-corrected chi connectivity index (χ4v) is 3.37. The Labute approximate surface area is 130 Å². The molecule has 0 saturated heterocycles. The second-order valence-corrected chi connectivity index (χ2v) is 5.88. The minimum Gasteiger partial charge on any atom is -0.496 e. The molecule has 0 aromatic heterocycles. The lowest BCUT2D eigenvalue weighted by atomic mass is 9.87. The van der Waals surface area contributed by atoms with E-state index in [4.69, 9.17) is 9.47 Å². The molecular formula is C19H20O3. The van der Waals surface area contributed by atoms with Crippen LogP contribution in [0.5, 0.6) is 11.5 Å². The summed E-state index contributed by atoms with van der Waals surface area (Å²) in [5.74, 6) is 2.31. The van der Waals surface area contributed by atoms with Gasteiger partial charge in [0.25, 0.3) is 0 Å². The van der Waals surface area contributed by atoms with Gasteiger partial charge in [0, 0.05) is 16.3 Å². The van der Waals surface area contributed by atoms with Crippen LogP contribution in [0.4, 0.5) is 0 Å². The number of hydrogen-bond acceptors (Lipinski definition) is 3. The van der Waals surface area contributed by atoms with Crippen LogP contribution in [0.2, 0.25) is 0 Å². The van der Waals surface area contributed by atoms with Gasteiger partial charge in [-0.25, -0.2) is 0 Å². The number of hydrogen-bond donors (Lipinski definition) is 0. The second-order valence-electron chi connectivity index (χ2n) is 5.88. The number of benzene rings is 2. The zero-order valence-electron chi connectivity index (χ0n) is 13.9. The van der Waals surface area contributed by atoms with Crippen molar-refractivity contribution in [3.05, 3.63) is 40.1 Å². The number of carbonyl (C=O) groups is 1. The fourth-order valence-electron chi connectivity index (χ4n) is 3.37. The predicted molar refractivity (Wildman–Crippen MR) is 88.9 cm³/mol. The zero-order valence-corrected chi connectivity index (χ0v) is 13.9. The third-order valence-electron chi connectivity index (χ3n) is 4.53. The molecule has 3 rings (SSSR count). The van der Waals surface area contributed by atoms with Crippen LogP contribution in [-0.4, -0.2) is 12.9 Å². The van der Waals surface area contributed by atoms with Crippen LogP contribution in [-0.2, 0) is 0 Å². The number of rotatable bonds is 2. The van der Waals surface area contributed by atoms with Gasteiger partial charge in [-0.1, -0.05) is 12.1 Å². The summed E-state index contributed by atoms with van der Waals surface area (Å²) in [7, 11) is 1.60. The van der Waals surface area contributed by atoms with Gasteiger partial charge in [-0.05, 0) is 51.3 Å². The minimum absolute atomic E-state index is 0.00484. The Kier molecular flexibility index (Phi) is 3.24. The second kappa shape index (κ2) is 4.87. The summed E-state index contributed by atoms with van der Waals surface area (Å²) >= 11 is 0. The average molecular weight is 296 g/mol. The van der Waals surface area contributed by atoms with Crippen molar-refractivity contribution in [2.75, 3.05) is 7.11 Å². The third kappa shape index (κ3) is 1.78. The Hall–Kier alpha value is -2.29. The van der Waals surface area contributed by atoms with Gasteiger partial charge in [0.1, 0.15) is 17.3 Å². The van der Waals surface area contributed by atoms with Gasteiger partial charge in [0.15, 0.2) is 5.78 Å². The first-order valence-corrected chi connectivity index (χ1v) is 7.39. The van der Waals surface area contributed by atoms with Gasteiger partial charge in [0.05, 0.1) is 12.7 Å². The summed E-state index contributed by atoms with van der Waals surface area (Å²) in [5.41, 5.74) is 4.99. The van der Waals surface area contributed by atoms with Crippen molar-refractivity contribution < 1.29 is 14.3 Å². The number of carbonyl (C=O) groups excluding carboxylic acids is 1. The predicted octanol–water partition coefficient (Wildman–Crippen LogP) is 4.81. The van der Waals surface area contributed by atoms with E-state index in [0.29, 0.717) is 11.3 Å². The van der Waals surface area contributed by atoms with E-state index < -0.39 is 0 Å². The highest BCUT2D eigenvalue weighted by atomic mass is 16.5. The van der Waals surface area contributed by atoms with Crippen molar-refractivity contribution >= 4 is 22.1 Å². The van der Waals surface area contributed by atoms with Crippen molar-refractivity contribution in [3.8, 4) is 11.5 Å². The average Bonchev–Trinajstić information content (AvgIpc) is 2.47. The molecule has 3 nitrogen and oxygen atoms in total. The lowest BCUT2D eigenvalue weighted by Gasteiger charge is -2.26. The molecule has 0 radical (unpaired) electrons. The maximum absolute atomic E-state index is 12.2. The topological polar surface area (TPSA) is 35.5 Å². The molecule has 3 heteroatoms. The molecule has 22 heavy (non-hydrogen) atoms. The normalized spacial score (nSPS) is 13.4. The van der Waals surface area contributed by atoms with Crippen molar-refractivity contribution in [2.24, 2.45) is 0 Å². The first-order valence-electron chi connectivity index (χ1n) is 7.39. The summed E-state index contributed by atoms with van der Waals surface area (Å²) in [6.07, 6.45) is 0. The Morgan fingerprint density at radius 1 is 1.14 bits per heavy atom. The van der Waals surface area contributed by atoms with Crippen LogP contribution in [0.3, 0.4) is 0 Å². The van der Waals surface area contributed by atoms with E-state index in [9.17, 15) is 4.79 Å². The highest BCUT2D eigenvalue weighted by molar-refractivity contribution is 6.15. The number of methoxy groups -OCH3 is 1. The summed E-state index contributed by atoms with van der Waals surface area (Å²) < 4.78 is 11.6. The largest absolute Gasteiger partial charge is 0.496 e. The molecule has 0 atom stereocenters. The van der Waals surface area contributed by atoms with Gasteiger partial charge in [-0.2, -0.15) is 0 Å². The van der Waals surface area contributed by atoms with E-state index in [1.807, 2.05) is 19.9 Å². The van der Waals surface area contributed by atoms with E-state index in [2.05, 4.69) is 19.9 Å². The molecule has 0 amide bonds. The van der Waals surface area contributed by atoms with Gasteiger partial charge in [0.2, 0.25) is 0 Å². The Morgan fingerprint density at radius 2 is 1.82 bits per heavy atom. The molecular weight excluding hydrogens is 276 g/mol. The van der Waals surface area contributed by atoms with Crippen molar-refractivity contribution in [1.82, 2.24) is 0 Å². The number of Topliss-reactive ketones (excluding diaryl/α,β-unsaturated/α-hetero) is 1. The minimum atomic E-state index is 0.00484. The van der Waals surface area contributed by atoms with Crippen LogP contribution in [0, 0.1) is 13.8 Å². The van der Waals surface area contributed by atoms with Crippen molar-refractivity contribution in [3.63, 3.8) is 0 Å². The molecule has 0 bridgehead atoms. The van der Waals surface area contributed by atoms with Gasteiger partial charge in [-0.3, -0.25) is 4.79 Å². The molecule has 1 heterocycles. The number of ketones is 1. The Morgan fingerprint density at radius 3 is 2.41 bits per heavy atom. The van der Waals surface area contributed by atoms with Crippen molar-refractivity contribution in [1.29, 1.82) is 0 Å². The zero-order chi connectivity index (χ0) is 16.2. The van der Waals surface area contributed by atoms with Crippen LogP contribution < -0.4 is 9.47 Å². The van der Waals surface area contributed by atoms with E-state index in [0.717, 1.165) is 33.4 Å². The van der Waals surface area contributed by atoms with Gasteiger partial charge < -0.3 is 9.47 Å². The highest BCUT2D eigenvalue weighted by Crippen LogP contribution is 2.48. The molecule has 0 spiro atoms. The number of ether oxygens (including phenoxy) is 2. The van der Waals surface area contributed by atoms with Crippen LogP contribution >= 0.6 is 0 Å². The highest BCUT2D eigenvalue weighted by Gasteiger charge is 2.27. The fraction of sp³-hybridized carbons (Fsp3) is 0.316. The van der Waals surface area contributed by atoms with Crippen molar-refractivity contribution in [2.45, 2.75) is 34.6 Å². The first-order chi connectivity index (χ1) is 10.4. The van der Waals surface area contributed by atoms with E-state index >= 15 is 0 Å². The molecule has 2 aromatic rings. The monoisotopic (exact) mass is 296 g/mol. The summed E-state index contributed by atoms with van der Waals surface area (Å²) in [6, 6.07) is 4.05. The maximum atomic E-state index is 12.2. The van der Waals surface area contributed by atoms with Gasteiger partial charge >= 0.3 is 0 Å². The summed E-state index contributed by atoms with van der Waals surface area (Å²) in [5, 5.41) is 1.92. The molecule has 0 unspecified atom stereocenters. The Bertz CT molecular complexity index is 857. The molecule has 114 valence electrons. The molecule has 0 aliphatic carbocycles. The number of aryl methyl sites for hydroxylation is 1. The summed E-state index contributed by atoms with van der Waals surface area (Å²) in [4.78, 5) is 12.2. The maximum Gasteiger partial charge on any atom is 0.164 e. The molecule has 0 N–H and O–H groups in total. The number of allylic oxidation sites excluding steroid dienone is 2. The lowest BCUT2D eigenvalue weighted by Crippen LogP contribution is -2.10. The lowest BCUT2D eigenvalue weighted by molar-refractivity contribution is 0.101. The molecule has 0 saturated carbocycles. The first kappa shape index (κ1) is 14.6. The van der Waals surface area contributed by atoms with E-state index in [-0.39, 0.29) is 5.78 Å². The quantitative estimate of drug-likeness (QED) is 0.746. The SMILES string of the molecule is COc1c(C)c2c3c(c(C)ccc3c1C(C)=O)C(C)=C(C)O2. The molecule has 1 aliphatic heterocycles. The van der Waals surface area contributed by atoms with Crippen LogP contribution in [0.25, 0.3) is 16.3 Å². The van der Waals surface area contributed by atoms with Crippen LogP contribution in [0.15, 0.2) is 17.9 Å². The standard InChI is InChI=1S/C19H20O3/c1-9-7-8-14-16(12(4)20)18(21-6)11(3)19-17(14)15(9)10(2)13(5)22-19/h7-8H,1-6H3. The summed E-state index contributed by atoms with van der Waals surface area (Å²) in [6.45, 7) is 9.65. The molecule has 2 aromatic carbocycles. The van der Waals surface area contributed by atoms with E-state index in [1.165, 1.54) is 11.1 Å². The Balaban J connectivity index is 2.62. The van der Waals surface area contributed by atoms with Gasteiger partial charge in [-0.15, -0.1) is 0 Å². The smallest absolute Gasteiger partial charge is 0.164 e. The third-order valence-corrected chi connectivity index (χ3v) is 4.53. The van der Waals surface area contributed by atoms with E-state index in [1.54, 1.807) is 14.0 Å².